The minimum Gasteiger partial charge on any atom is -0.493 e. The highest BCUT2D eigenvalue weighted by molar-refractivity contribution is 6.01. The SMILES string of the molecule is CCOc1ccc(/C(C)=N/NC(=O)c2nnn(-c3nonc3N)c2C(C)C)cc1OC. The Balaban J connectivity index is 1.84. The number of hydrazone groups is 1. The fraction of sp³-hybridized carbons (Fsp3) is 0.368. The molecule has 0 fully saturated rings. The number of nitrogens with zero attached hydrogens (tertiary/aromatic N) is 6. The van der Waals surface area contributed by atoms with Gasteiger partial charge in [0.2, 0.25) is 11.6 Å². The number of hydrogen-bond acceptors (Lipinski definition) is 10. The molecule has 1 aromatic carbocycles. The molecule has 12 heteroatoms. The number of carbonyl (C=O) groups is 1. The number of rotatable bonds is 8. The second-order valence-electron chi connectivity index (χ2n) is 6.80. The molecule has 0 aliphatic heterocycles. The molecule has 2 heterocycles. The van der Waals surface area contributed by atoms with Crippen LogP contribution in [0, 0.1) is 0 Å². The summed E-state index contributed by atoms with van der Waals surface area (Å²) >= 11 is 0. The Morgan fingerprint density at radius 2 is 2.10 bits per heavy atom. The Morgan fingerprint density at radius 1 is 1.32 bits per heavy atom. The molecule has 1 amide bonds. The Bertz CT molecular complexity index is 1100. The zero-order chi connectivity index (χ0) is 22.5. The zero-order valence-corrected chi connectivity index (χ0v) is 17.9. The van der Waals surface area contributed by atoms with Crippen molar-refractivity contribution in [1.29, 1.82) is 0 Å². The minimum atomic E-state index is -0.526. The summed E-state index contributed by atoms with van der Waals surface area (Å²) in [5.41, 5.74) is 10.2. The topological polar surface area (TPSA) is 156 Å². The van der Waals surface area contributed by atoms with Crippen LogP contribution in [0.2, 0.25) is 0 Å². The number of nitrogen functional groups attached to an aromatic ring is 1. The predicted molar refractivity (Wildman–Crippen MR) is 112 cm³/mol. The monoisotopic (exact) mass is 428 g/mol. The zero-order valence-electron chi connectivity index (χ0n) is 17.9. The highest BCUT2D eigenvalue weighted by Gasteiger charge is 2.25. The van der Waals surface area contributed by atoms with E-state index >= 15 is 0 Å². The van der Waals surface area contributed by atoms with E-state index in [0.29, 0.717) is 29.5 Å². The lowest BCUT2D eigenvalue weighted by Crippen LogP contribution is -2.22. The molecule has 3 N–H and O–H groups in total. The lowest BCUT2D eigenvalue weighted by molar-refractivity contribution is 0.0948. The Morgan fingerprint density at radius 3 is 2.71 bits per heavy atom. The van der Waals surface area contributed by atoms with Gasteiger partial charge in [-0.1, -0.05) is 19.1 Å². The van der Waals surface area contributed by atoms with Gasteiger partial charge in [0, 0.05) is 5.56 Å². The molecule has 0 radical (unpaired) electrons. The molecule has 0 bridgehead atoms. The second-order valence-corrected chi connectivity index (χ2v) is 6.80. The summed E-state index contributed by atoms with van der Waals surface area (Å²) in [7, 11) is 1.56. The van der Waals surface area contributed by atoms with Crippen LogP contribution < -0.4 is 20.6 Å². The third-order valence-corrected chi connectivity index (χ3v) is 4.37. The van der Waals surface area contributed by atoms with Crippen molar-refractivity contribution in [2.24, 2.45) is 5.10 Å². The van der Waals surface area contributed by atoms with Gasteiger partial charge in [-0.05, 0) is 48.3 Å². The lowest BCUT2D eigenvalue weighted by atomic mass is 10.1. The molecule has 0 atom stereocenters. The van der Waals surface area contributed by atoms with Gasteiger partial charge < -0.3 is 15.2 Å². The largest absolute Gasteiger partial charge is 0.493 e. The predicted octanol–water partition coefficient (Wildman–Crippen LogP) is 1.92. The van der Waals surface area contributed by atoms with Crippen molar-refractivity contribution in [2.45, 2.75) is 33.6 Å². The molecule has 0 aliphatic rings. The molecule has 3 aromatic rings. The van der Waals surface area contributed by atoms with Crippen molar-refractivity contribution in [3.8, 4) is 17.3 Å². The maximum Gasteiger partial charge on any atom is 0.293 e. The van der Waals surface area contributed by atoms with Gasteiger partial charge in [0.15, 0.2) is 17.2 Å². The van der Waals surface area contributed by atoms with E-state index in [0.717, 1.165) is 5.56 Å². The fourth-order valence-corrected chi connectivity index (χ4v) is 2.88. The summed E-state index contributed by atoms with van der Waals surface area (Å²) in [6.07, 6.45) is 0. The summed E-state index contributed by atoms with van der Waals surface area (Å²) in [6, 6.07) is 5.40. The van der Waals surface area contributed by atoms with E-state index in [2.05, 4.69) is 35.8 Å². The molecule has 31 heavy (non-hydrogen) atoms. The Hall–Kier alpha value is -3.96. The molecule has 0 saturated heterocycles. The van der Waals surface area contributed by atoms with Crippen molar-refractivity contribution < 1.29 is 18.9 Å². The molecule has 3 rings (SSSR count). The van der Waals surface area contributed by atoms with Crippen LogP contribution in [0.15, 0.2) is 27.9 Å². The number of nitrogens with one attached hydrogen (secondary N) is 1. The number of amides is 1. The van der Waals surface area contributed by atoms with Gasteiger partial charge in [-0.15, -0.1) is 5.10 Å². The number of aromatic nitrogens is 5. The standard InChI is InChI=1S/C19H24N8O4/c1-6-30-13-8-7-12(9-14(13)29-5)11(4)21-23-19(28)15-16(10(2)3)27(26-22-15)18-17(20)24-31-25-18/h7-10H,6H2,1-5H3,(H2,20,24)(H,23,28)/b21-11+. The van der Waals surface area contributed by atoms with Gasteiger partial charge in [-0.25, -0.2) is 10.1 Å². The molecule has 0 saturated carbocycles. The van der Waals surface area contributed by atoms with E-state index in [9.17, 15) is 4.79 Å². The fourth-order valence-electron chi connectivity index (χ4n) is 2.88. The molecule has 2 aromatic heterocycles. The van der Waals surface area contributed by atoms with Crippen LogP contribution in [-0.4, -0.2) is 50.6 Å². The van der Waals surface area contributed by atoms with Crippen LogP contribution in [0.1, 0.15) is 55.4 Å². The van der Waals surface area contributed by atoms with Crippen molar-refractivity contribution in [1.82, 2.24) is 30.7 Å². The molecular formula is C19H24N8O4. The number of nitrogens with two attached hydrogens (primary N) is 1. The molecule has 12 nitrogen and oxygen atoms in total. The van der Waals surface area contributed by atoms with Crippen molar-refractivity contribution >= 4 is 17.4 Å². The van der Waals surface area contributed by atoms with Crippen molar-refractivity contribution in [2.75, 3.05) is 19.5 Å². The normalized spacial score (nSPS) is 11.6. The number of benzene rings is 1. The van der Waals surface area contributed by atoms with Crippen LogP contribution in [0.25, 0.3) is 5.82 Å². The van der Waals surface area contributed by atoms with Gasteiger partial charge in [0.1, 0.15) is 0 Å². The Labute approximate surface area is 178 Å². The maximum atomic E-state index is 12.8. The summed E-state index contributed by atoms with van der Waals surface area (Å²) in [4.78, 5) is 12.8. The van der Waals surface area contributed by atoms with Crippen molar-refractivity contribution in [3.05, 3.63) is 35.2 Å². The van der Waals surface area contributed by atoms with Gasteiger partial charge in [0.05, 0.1) is 25.1 Å². The van der Waals surface area contributed by atoms with E-state index < -0.39 is 5.91 Å². The van der Waals surface area contributed by atoms with Gasteiger partial charge >= 0.3 is 0 Å². The number of hydrogen-bond donors (Lipinski definition) is 2. The van der Waals surface area contributed by atoms with Crippen molar-refractivity contribution in [3.63, 3.8) is 0 Å². The molecular weight excluding hydrogens is 404 g/mol. The summed E-state index contributed by atoms with van der Waals surface area (Å²) in [5.74, 6) is 0.762. The first-order valence-corrected chi connectivity index (χ1v) is 9.57. The third-order valence-electron chi connectivity index (χ3n) is 4.37. The van der Waals surface area contributed by atoms with E-state index in [4.69, 9.17) is 15.2 Å². The summed E-state index contributed by atoms with van der Waals surface area (Å²) < 4.78 is 16.8. The third kappa shape index (κ3) is 4.47. The van der Waals surface area contributed by atoms with Crippen LogP contribution in [0.5, 0.6) is 11.5 Å². The lowest BCUT2D eigenvalue weighted by Gasteiger charge is -2.11. The Kier molecular flexibility index (Phi) is 6.48. The number of ether oxygens (including phenoxy) is 2. The van der Waals surface area contributed by atoms with Crippen LogP contribution in [-0.2, 0) is 0 Å². The molecule has 0 spiro atoms. The first-order chi connectivity index (χ1) is 14.9. The van der Waals surface area contributed by atoms with Crippen LogP contribution in [0.4, 0.5) is 5.82 Å². The number of carbonyl (C=O) groups excluding carboxylic acids is 1. The highest BCUT2D eigenvalue weighted by atomic mass is 16.6. The molecule has 164 valence electrons. The van der Waals surface area contributed by atoms with Crippen LogP contribution >= 0.6 is 0 Å². The number of methoxy groups -OCH3 is 1. The minimum absolute atomic E-state index is 0.0390. The maximum absolute atomic E-state index is 12.8. The van der Waals surface area contributed by atoms with E-state index in [1.807, 2.05) is 26.8 Å². The van der Waals surface area contributed by atoms with E-state index in [1.165, 1.54) is 4.68 Å². The highest BCUT2D eigenvalue weighted by Crippen LogP contribution is 2.28. The first-order valence-electron chi connectivity index (χ1n) is 9.57. The van der Waals surface area contributed by atoms with Gasteiger partial charge in [-0.2, -0.15) is 9.78 Å². The van der Waals surface area contributed by atoms with E-state index in [1.54, 1.807) is 26.2 Å². The summed E-state index contributed by atoms with van der Waals surface area (Å²) in [5, 5.41) is 19.4. The van der Waals surface area contributed by atoms with Crippen LogP contribution in [0.3, 0.4) is 0 Å². The van der Waals surface area contributed by atoms with E-state index in [-0.39, 0.29) is 23.2 Å². The molecule has 0 unspecified atom stereocenters. The first kappa shape index (κ1) is 21.7. The molecule has 0 aliphatic carbocycles. The number of anilines is 1. The average molecular weight is 428 g/mol. The quantitative estimate of drug-likeness (QED) is 0.404. The summed E-state index contributed by atoms with van der Waals surface area (Å²) in [6.45, 7) is 7.95. The van der Waals surface area contributed by atoms with Gasteiger partial charge in [-0.3, -0.25) is 4.79 Å². The smallest absolute Gasteiger partial charge is 0.293 e. The van der Waals surface area contributed by atoms with Gasteiger partial charge in [0.25, 0.3) is 5.91 Å². The second kappa shape index (κ2) is 9.24. The average Bonchev–Trinajstić information content (AvgIpc) is 3.38.